The van der Waals surface area contributed by atoms with Crippen molar-refractivity contribution in [2.75, 3.05) is 4.90 Å². The quantitative estimate of drug-likeness (QED) is 0.805. The molecule has 1 aromatic carbocycles. The third-order valence-electron chi connectivity index (χ3n) is 3.88. The summed E-state index contributed by atoms with van der Waals surface area (Å²) in [6.45, 7) is 0. The summed E-state index contributed by atoms with van der Waals surface area (Å²) in [6.07, 6.45) is 0.993. The minimum absolute atomic E-state index is 0.200. The number of amides is 4. The molecule has 8 heteroatoms. The van der Waals surface area contributed by atoms with Gasteiger partial charge < -0.3 is 0 Å². The van der Waals surface area contributed by atoms with Gasteiger partial charge in [-0.2, -0.15) is 0 Å². The number of carbonyl (C=O) groups is 3. The van der Waals surface area contributed by atoms with E-state index < -0.39 is 46.4 Å². The largest absolute Gasteiger partial charge is 0.335 e. The Labute approximate surface area is 116 Å². The number of urea groups is 1. The molecule has 0 atom stereocenters. The first kappa shape index (κ1) is 13.6. The maximum Gasteiger partial charge on any atom is 0.335 e. The number of hydrogen-bond acceptors (Lipinski definition) is 3. The number of imide groups is 2. The highest BCUT2D eigenvalue weighted by molar-refractivity contribution is 6.30. The molecule has 1 N–H and O–H groups in total. The lowest BCUT2D eigenvalue weighted by Gasteiger charge is -2.44. The van der Waals surface area contributed by atoms with E-state index in [9.17, 15) is 27.6 Å². The van der Waals surface area contributed by atoms with Crippen molar-refractivity contribution in [3.63, 3.8) is 0 Å². The van der Waals surface area contributed by atoms with Gasteiger partial charge in [0.15, 0.2) is 11.6 Å². The zero-order valence-corrected chi connectivity index (χ0v) is 10.6. The SMILES string of the molecule is O=C1NC(=O)C2(CCC2)C(=O)N1c1c(F)cc(F)cc1F. The van der Waals surface area contributed by atoms with Crippen LogP contribution < -0.4 is 10.2 Å². The van der Waals surface area contributed by atoms with Gasteiger partial charge >= 0.3 is 6.03 Å². The van der Waals surface area contributed by atoms with Crippen LogP contribution in [0.1, 0.15) is 19.3 Å². The van der Waals surface area contributed by atoms with Crippen molar-refractivity contribution in [1.29, 1.82) is 0 Å². The highest BCUT2D eigenvalue weighted by Crippen LogP contribution is 2.45. The van der Waals surface area contributed by atoms with Crippen LogP contribution in [0.5, 0.6) is 0 Å². The normalized spacial score (nSPS) is 20.5. The van der Waals surface area contributed by atoms with Gasteiger partial charge in [-0.3, -0.25) is 14.9 Å². The van der Waals surface area contributed by atoms with Crippen LogP contribution in [0.15, 0.2) is 12.1 Å². The fraction of sp³-hybridized carbons (Fsp3) is 0.308. The smallest absolute Gasteiger partial charge is 0.276 e. The van der Waals surface area contributed by atoms with E-state index in [4.69, 9.17) is 0 Å². The zero-order chi connectivity index (χ0) is 15.4. The van der Waals surface area contributed by atoms with Crippen LogP contribution in [0.25, 0.3) is 0 Å². The first-order chi connectivity index (χ1) is 9.86. The van der Waals surface area contributed by atoms with E-state index in [1.165, 1.54) is 0 Å². The molecule has 21 heavy (non-hydrogen) atoms. The highest BCUT2D eigenvalue weighted by Gasteiger charge is 2.58. The molecule has 1 aliphatic carbocycles. The zero-order valence-electron chi connectivity index (χ0n) is 10.6. The number of anilines is 1. The summed E-state index contributed by atoms with van der Waals surface area (Å²) >= 11 is 0. The number of benzene rings is 1. The van der Waals surface area contributed by atoms with Gasteiger partial charge in [0.2, 0.25) is 5.91 Å². The standard InChI is InChI=1S/C13H9F3N2O3/c14-6-4-7(15)9(8(16)5-6)18-11(20)13(2-1-3-13)10(19)17-12(18)21/h4-5H,1-3H2,(H,17,19,21). The van der Waals surface area contributed by atoms with Gasteiger partial charge in [-0.15, -0.1) is 0 Å². The van der Waals surface area contributed by atoms with Crippen LogP contribution in [0.3, 0.4) is 0 Å². The Balaban J connectivity index is 2.11. The summed E-state index contributed by atoms with van der Waals surface area (Å²) in [5.74, 6) is -5.69. The van der Waals surface area contributed by atoms with Crippen LogP contribution in [-0.2, 0) is 9.59 Å². The van der Waals surface area contributed by atoms with Gasteiger partial charge in [0.1, 0.15) is 16.9 Å². The molecule has 2 aliphatic rings. The molecule has 4 amide bonds. The fourth-order valence-electron chi connectivity index (χ4n) is 2.60. The number of halogens is 3. The second-order valence-corrected chi connectivity index (χ2v) is 5.05. The van der Waals surface area contributed by atoms with Crippen molar-refractivity contribution in [3.8, 4) is 0 Å². The third kappa shape index (κ3) is 1.75. The summed E-state index contributed by atoms with van der Waals surface area (Å²) in [5.41, 5.74) is -2.43. The monoisotopic (exact) mass is 298 g/mol. The first-order valence-corrected chi connectivity index (χ1v) is 6.21. The molecule has 1 aliphatic heterocycles. The Morgan fingerprint density at radius 2 is 1.62 bits per heavy atom. The molecule has 0 unspecified atom stereocenters. The molecule has 0 radical (unpaired) electrons. The molecule has 1 aromatic rings. The Kier molecular flexibility index (Phi) is 2.79. The van der Waals surface area contributed by atoms with Crippen LogP contribution in [0, 0.1) is 22.9 Å². The number of nitrogens with zero attached hydrogens (tertiary/aromatic N) is 1. The summed E-state index contributed by atoms with van der Waals surface area (Å²) in [6, 6.07) is -0.516. The molecular formula is C13H9F3N2O3. The second kappa shape index (κ2) is 4.31. The number of rotatable bonds is 1. The Hall–Kier alpha value is -2.38. The molecule has 0 aromatic heterocycles. The van der Waals surface area contributed by atoms with Gasteiger partial charge in [-0.25, -0.2) is 22.9 Å². The maximum absolute atomic E-state index is 13.8. The van der Waals surface area contributed by atoms with E-state index in [-0.39, 0.29) is 17.7 Å². The van der Waals surface area contributed by atoms with Crippen molar-refractivity contribution in [3.05, 3.63) is 29.6 Å². The highest BCUT2D eigenvalue weighted by atomic mass is 19.1. The summed E-state index contributed by atoms with van der Waals surface area (Å²) in [7, 11) is 0. The molecule has 1 saturated heterocycles. The lowest BCUT2D eigenvalue weighted by molar-refractivity contribution is -0.148. The maximum atomic E-state index is 13.8. The fourth-order valence-corrected chi connectivity index (χ4v) is 2.60. The lowest BCUT2D eigenvalue weighted by Crippen LogP contribution is -2.66. The average Bonchev–Trinajstić information content (AvgIpc) is 2.29. The van der Waals surface area contributed by atoms with E-state index >= 15 is 0 Å². The molecule has 2 fully saturated rings. The van der Waals surface area contributed by atoms with E-state index in [0.29, 0.717) is 18.6 Å². The van der Waals surface area contributed by atoms with Crippen molar-refractivity contribution >= 4 is 23.5 Å². The lowest BCUT2D eigenvalue weighted by atomic mass is 9.66. The van der Waals surface area contributed by atoms with E-state index in [1.807, 2.05) is 5.32 Å². The van der Waals surface area contributed by atoms with E-state index in [2.05, 4.69) is 0 Å². The Bertz CT molecular complexity index is 662. The third-order valence-corrected chi connectivity index (χ3v) is 3.88. The van der Waals surface area contributed by atoms with Crippen molar-refractivity contribution in [2.45, 2.75) is 19.3 Å². The second-order valence-electron chi connectivity index (χ2n) is 5.05. The summed E-state index contributed by atoms with van der Waals surface area (Å²) in [4.78, 5) is 36.2. The van der Waals surface area contributed by atoms with Crippen molar-refractivity contribution in [1.82, 2.24) is 5.32 Å². The minimum atomic E-state index is -1.46. The molecular weight excluding hydrogens is 289 g/mol. The summed E-state index contributed by atoms with van der Waals surface area (Å²) in [5, 5.41) is 1.92. The number of nitrogens with one attached hydrogen (secondary N) is 1. The molecule has 1 heterocycles. The van der Waals surface area contributed by atoms with Crippen LogP contribution in [0.4, 0.5) is 23.7 Å². The molecule has 110 valence electrons. The molecule has 1 spiro atoms. The number of carbonyl (C=O) groups excluding carboxylic acids is 3. The van der Waals surface area contributed by atoms with E-state index in [0.717, 1.165) is 0 Å². The molecule has 0 bridgehead atoms. The van der Waals surface area contributed by atoms with Gasteiger partial charge in [0, 0.05) is 12.1 Å². The van der Waals surface area contributed by atoms with Crippen LogP contribution >= 0.6 is 0 Å². The van der Waals surface area contributed by atoms with Gasteiger partial charge in [-0.05, 0) is 12.8 Å². The average molecular weight is 298 g/mol. The summed E-state index contributed by atoms with van der Waals surface area (Å²) < 4.78 is 40.5. The van der Waals surface area contributed by atoms with Gasteiger partial charge in [0.05, 0.1) is 0 Å². The van der Waals surface area contributed by atoms with Gasteiger partial charge in [-0.1, -0.05) is 6.42 Å². The number of barbiturate groups is 1. The first-order valence-electron chi connectivity index (χ1n) is 6.21. The number of hydrogen-bond donors (Lipinski definition) is 1. The molecule has 3 rings (SSSR count). The molecule has 5 nitrogen and oxygen atoms in total. The topological polar surface area (TPSA) is 66.5 Å². The predicted octanol–water partition coefficient (Wildman–Crippen LogP) is 1.86. The van der Waals surface area contributed by atoms with Crippen LogP contribution in [-0.4, -0.2) is 17.8 Å². The van der Waals surface area contributed by atoms with Gasteiger partial charge in [0.25, 0.3) is 5.91 Å². The van der Waals surface area contributed by atoms with Crippen molar-refractivity contribution in [2.24, 2.45) is 5.41 Å². The predicted molar refractivity (Wildman–Crippen MR) is 63.6 cm³/mol. The Morgan fingerprint density at radius 3 is 2.10 bits per heavy atom. The minimum Gasteiger partial charge on any atom is -0.276 e. The molecule has 1 saturated carbocycles. The van der Waals surface area contributed by atoms with E-state index in [1.54, 1.807) is 0 Å². The van der Waals surface area contributed by atoms with Crippen molar-refractivity contribution < 1.29 is 27.6 Å². The Morgan fingerprint density at radius 1 is 1.05 bits per heavy atom. The van der Waals surface area contributed by atoms with Crippen LogP contribution in [0.2, 0.25) is 0 Å².